The van der Waals surface area contributed by atoms with Crippen molar-refractivity contribution in [1.82, 2.24) is 0 Å². The van der Waals surface area contributed by atoms with Crippen LogP contribution in [0.25, 0.3) is 0 Å². The summed E-state index contributed by atoms with van der Waals surface area (Å²) in [4.78, 5) is 0. The molecule has 0 fully saturated rings. The van der Waals surface area contributed by atoms with Crippen molar-refractivity contribution in [3.8, 4) is 0 Å². The van der Waals surface area contributed by atoms with Gasteiger partial charge >= 0.3 is 0 Å². The molecule has 2 radical (unpaired) electrons. The van der Waals surface area contributed by atoms with Crippen LogP contribution in [-0.2, 0) is 65.5 Å². The van der Waals surface area contributed by atoms with E-state index >= 15 is 0 Å². The van der Waals surface area contributed by atoms with Gasteiger partial charge in [0.25, 0.3) is 0 Å². The van der Waals surface area contributed by atoms with Crippen molar-refractivity contribution in [1.29, 1.82) is 0 Å². The zero-order valence-corrected chi connectivity index (χ0v) is 29.9. The molecule has 0 aliphatic carbocycles. The molecule has 0 aliphatic heterocycles. The molecule has 0 N–H and O–H groups in total. The van der Waals surface area contributed by atoms with Crippen LogP contribution in [0.2, 0.25) is 5.02 Å². The molecule has 0 unspecified atom stereocenters. The van der Waals surface area contributed by atoms with Gasteiger partial charge in [0.2, 0.25) is 0 Å². The SMILES string of the molecule is C[c-]1[c-](C)[c-](C)[c-](C)[c-]1C.Cc1c(C)c(C)[c-](C)c1C.[CH3-].[CH3-].[Ir].[Ir].[S-]C([S-])c1ccc(Cl)cc1. The zero-order chi connectivity index (χ0) is 23.3. The Morgan fingerprint density at radius 3 is 1.06 bits per heavy atom. The molecule has 0 heterocycles. The van der Waals surface area contributed by atoms with Gasteiger partial charge in [-0.1, -0.05) is 63.9 Å². The van der Waals surface area contributed by atoms with Gasteiger partial charge in [0.15, 0.2) is 0 Å². The van der Waals surface area contributed by atoms with Crippen LogP contribution < -0.4 is 0 Å². The topological polar surface area (TPSA) is 0 Å². The van der Waals surface area contributed by atoms with Crippen LogP contribution in [0.4, 0.5) is 0 Å². The number of hydrogen-bond donors (Lipinski definition) is 0. The first-order valence-corrected chi connectivity index (χ1v) is 11.6. The van der Waals surface area contributed by atoms with E-state index in [0.717, 1.165) is 10.6 Å². The third-order valence-corrected chi connectivity index (χ3v) is 7.56. The first kappa shape index (κ1) is 41.3. The molecular weight excluding hydrogens is 832 g/mol. The van der Waals surface area contributed by atoms with E-state index in [4.69, 9.17) is 36.9 Å². The summed E-state index contributed by atoms with van der Waals surface area (Å²) in [5.41, 5.74) is 15.6. The molecule has 3 rings (SSSR count). The molecule has 3 aromatic carbocycles. The number of halogens is 1. The van der Waals surface area contributed by atoms with E-state index in [2.05, 4.69) is 69.2 Å². The van der Waals surface area contributed by atoms with E-state index in [-0.39, 0.29) is 59.6 Å². The van der Waals surface area contributed by atoms with Crippen molar-refractivity contribution < 1.29 is 40.2 Å². The predicted octanol–water partition coefficient (Wildman–Crippen LogP) is 9.22. The van der Waals surface area contributed by atoms with Gasteiger partial charge < -0.3 is 67.9 Å². The van der Waals surface area contributed by atoms with E-state index < -0.39 is 0 Å². The molecule has 3 aromatic rings. The first-order chi connectivity index (χ1) is 13.8. The number of hydrogen-bond acceptors (Lipinski definition) is 2. The summed E-state index contributed by atoms with van der Waals surface area (Å²) >= 11 is 15.4. The molecular formula is C29H41ClIr2S2-10. The summed E-state index contributed by atoms with van der Waals surface area (Å²) in [6.07, 6.45) is 0. The molecule has 34 heavy (non-hydrogen) atoms. The average Bonchev–Trinajstić information content (AvgIpc) is 2.99. The van der Waals surface area contributed by atoms with Crippen LogP contribution in [0.3, 0.4) is 0 Å². The molecule has 0 spiro atoms. The van der Waals surface area contributed by atoms with Gasteiger partial charge in [0.1, 0.15) is 0 Å². The quantitative estimate of drug-likeness (QED) is 0.177. The monoisotopic (exact) mass is 874 g/mol. The van der Waals surface area contributed by atoms with E-state index in [1.54, 1.807) is 12.1 Å². The standard InChI is InChI=1S/2C10H15.C7H7ClS2.2CH3.2Ir/c2*1-6-7(2)9(4)10(5)8(6)3;8-6-3-1-5(2-4-6)7(9)10;;;;/h2*1-5H3;1-4,7,9-10H;2*1H3;;/q-5;-1;;2*-1;;/p-2. The summed E-state index contributed by atoms with van der Waals surface area (Å²) in [7, 11) is 0. The van der Waals surface area contributed by atoms with Gasteiger partial charge in [-0.05, 0) is 12.1 Å². The van der Waals surface area contributed by atoms with Crippen LogP contribution in [0.5, 0.6) is 0 Å². The molecule has 5 heteroatoms. The van der Waals surface area contributed by atoms with Crippen molar-refractivity contribution in [3.05, 3.63) is 105 Å². The van der Waals surface area contributed by atoms with Crippen LogP contribution >= 0.6 is 11.6 Å². The fourth-order valence-electron chi connectivity index (χ4n) is 3.43. The van der Waals surface area contributed by atoms with E-state index in [0.29, 0.717) is 0 Å². The Hall–Kier alpha value is 0.209. The van der Waals surface area contributed by atoms with Gasteiger partial charge in [0, 0.05) is 45.2 Å². The first-order valence-electron chi connectivity index (χ1n) is 10.3. The Labute approximate surface area is 254 Å². The maximum atomic E-state index is 5.65. The molecule has 0 aliphatic rings. The van der Waals surface area contributed by atoms with Crippen molar-refractivity contribution in [2.45, 2.75) is 73.8 Å². The van der Waals surface area contributed by atoms with E-state index in [1.165, 1.54) is 55.6 Å². The third-order valence-electron chi connectivity index (χ3n) is 6.77. The normalized spacial score (nSPS) is 9.24. The zero-order valence-electron chi connectivity index (χ0n) is 22.7. The molecule has 0 saturated carbocycles. The minimum absolute atomic E-state index is 0. The van der Waals surface area contributed by atoms with E-state index in [9.17, 15) is 0 Å². The van der Waals surface area contributed by atoms with Gasteiger partial charge in [-0.3, -0.25) is 4.58 Å². The largest absolute Gasteiger partial charge is 0.810 e. The van der Waals surface area contributed by atoms with Crippen LogP contribution in [0.15, 0.2) is 24.3 Å². The van der Waals surface area contributed by atoms with Gasteiger partial charge in [-0.25, -0.2) is 34.6 Å². The summed E-state index contributed by atoms with van der Waals surface area (Å²) in [5.74, 6) is 0. The Bertz CT molecular complexity index is 764. The second kappa shape index (κ2) is 18.5. The fraction of sp³-hybridized carbons (Fsp3) is 0.379. The third kappa shape index (κ3) is 10.7. The Morgan fingerprint density at radius 1 is 0.618 bits per heavy atom. The minimum Gasteiger partial charge on any atom is -0.810 e. The van der Waals surface area contributed by atoms with Crippen LogP contribution in [0.1, 0.15) is 65.8 Å². The Balaban J connectivity index is -0.000000187. The molecule has 0 atom stereocenters. The van der Waals surface area contributed by atoms with Gasteiger partial charge in [0.05, 0.1) is 0 Å². The van der Waals surface area contributed by atoms with Gasteiger partial charge in [-0.15, -0.1) is 0 Å². The second-order valence-corrected chi connectivity index (χ2v) is 9.81. The maximum absolute atomic E-state index is 5.65. The molecule has 0 aromatic heterocycles. The Kier molecular flexibility index (Phi) is 22.4. The molecule has 0 saturated heterocycles. The van der Waals surface area contributed by atoms with Crippen molar-refractivity contribution in [3.63, 3.8) is 0 Å². The van der Waals surface area contributed by atoms with Crippen LogP contribution in [0, 0.1) is 84.1 Å². The summed E-state index contributed by atoms with van der Waals surface area (Å²) in [5, 5.41) is 0.717. The second-order valence-electron chi connectivity index (χ2n) is 8.13. The minimum atomic E-state index is -0.239. The van der Waals surface area contributed by atoms with Gasteiger partial charge in [-0.2, -0.15) is 27.8 Å². The number of benzene rings is 1. The van der Waals surface area contributed by atoms with Crippen molar-refractivity contribution >= 4 is 36.9 Å². The van der Waals surface area contributed by atoms with E-state index in [1.807, 2.05) is 12.1 Å². The maximum Gasteiger partial charge on any atom is 0.0406 e. The molecule has 204 valence electrons. The summed E-state index contributed by atoms with van der Waals surface area (Å²) in [6.45, 7) is 22.0. The predicted molar refractivity (Wildman–Crippen MR) is 153 cm³/mol. The molecule has 0 bridgehead atoms. The summed E-state index contributed by atoms with van der Waals surface area (Å²) < 4.78 is -0.239. The Morgan fingerprint density at radius 2 is 0.882 bits per heavy atom. The average molecular weight is 874 g/mol. The van der Waals surface area contributed by atoms with Crippen LogP contribution in [-0.4, -0.2) is 0 Å². The smallest absolute Gasteiger partial charge is 0.0406 e. The van der Waals surface area contributed by atoms with Crippen molar-refractivity contribution in [2.75, 3.05) is 0 Å². The molecule has 0 nitrogen and oxygen atoms in total. The van der Waals surface area contributed by atoms with Crippen molar-refractivity contribution in [2.24, 2.45) is 0 Å². The number of rotatable bonds is 1. The summed E-state index contributed by atoms with van der Waals surface area (Å²) in [6, 6.07) is 7.30. The fourth-order valence-corrected chi connectivity index (χ4v) is 3.87. The molecule has 0 amide bonds.